The highest BCUT2D eigenvalue weighted by Gasteiger charge is 2.52. The van der Waals surface area contributed by atoms with E-state index in [1.807, 2.05) is 48.5 Å². The molecule has 0 bridgehead atoms. The van der Waals surface area contributed by atoms with Crippen LogP contribution < -0.4 is 41.6 Å². The minimum absolute atomic E-state index is 0.0256. The number of nitrogens with two attached hydrogens (primary N) is 2. The van der Waals surface area contributed by atoms with Crippen LogP contribution in [0.4, 0.5) is 17.5 Å². The van der Waals surface area contributed by atoms with Crippen LogP contribution in [0.2, 0.25) is 0 Å². The van der Waals surface area contributed by atoms with E-state index in [1.54, 1.807) is 65.0 Å². The number of anilines is 3. The molecule has 9 N–H and O–H groups in total. The third-order valence-electron chi connectivity index (χ3n) is 14.9. The van der Waals surface area contributed by atoms with Crippen molar-refractivity contribution in [2.24, 2.45) is 0 Å². The van der Waals surface area contributed by atoms with Crippen molar-refractivity contribution in [3.05, 3.63) is 143 Å². The van der Waals surface area contributed by atoms with Gasteiger partial charge >= 0.3 is 19.4 Å². The predicted molar refractivity (Wildman–Crippen MR) is 314 cm³/mol. The number of aliphatic hydroxyl groups is 2. The van der Waals surface area contributed by atoms with Crippen LogP contribution in [0.3, 0.4) is 0 Å². The summed E-state index contributed by atoms with van der Waals surface area (Å²) >= 11 is 5.18. The Labute approximate surface area is 495 Å². The lowest BCUT2D eigenvalue weighted by molar-refractivity contribution is -0.116. The van der Waals surface area contributed by atoms with Crippen LogP contribution in [-0.2, 0) is 51.3 Å². The zero-order valence-electron chi connectivity index (χ0n) is 45.0. The number of H-pyrrole nitrogens is 1. The van der Waals surface area contributed by atoms with E-state index in [1.165, 1.54) is 28.1 Å². The van der Waals surface area contributed by atoms with Gasteiger partial charge in [0.25, 0.3) is 5.56 Å². The number of aliphatic hydroxyl groups excluding tert-OH is 2. The van der Waals surface area contributed by atoms with Crippen LogP contribution >= 0.6 is 37.1 Å². The van der Waals surface area contributed by atoms with Crippen molar-refractivity contribution >= 4 is 88.7 Å². The Balaban J connectivity index is 0.693. The summed E-state index contributed by atoms with van der Waals surface area (Å²) in [4.78, 5) is 64.1. The van der Waals surface area contributed by atoms with Crippen LogP contribution in [-0.4, -0.2) is 132 Å². The molecule has 444 valence electrons. The van der Waals surface area contributed by atoms with Gasteiger partial charge in [0.2, 0.25) is 11.9 Å². The number of para-hydroxylation sites is 1. The van der Waals surface area contributed by atoms with Crippen molar-refractivity contribution < 1.29 is 56.9 Å². The summed E-state index contributed by atoms with van der Waals surface area (Å²) in [5, 5.41) is 38.8. The summed E-state index contributed by atoms with van der Waals surface area (Å²) in [5.41, 5.74) is 17.3. The standard InChI is InChI=1S/C53H52N16O13P2S2/c1-27(70)66-20-30-6-2-3-7-33(30)38-43(34-8-4-5-9-35(34)66)69(65-62-38)18-19-77-31-16-12-29(13-17-31)52(74)80-32-14-10-28(11-15-32)23-86-84(76)64-40-36(81-50(45(40)72)67-25-58-41-46(54)56-24-57-47(41)67)21-78-83(75,85)63-39-37(22-79-84)82-51(44(39)71)68-26-59-42-48(68)60-53(55)61-49(42)73/h2-17,24-26,36-37,39-40,44-45,50-51,71-72H,18-23H2,1H3,(H,64,76)(H2,54,56,57)(H2,63,75,85)(H3,55,60,61,73)/t36-,37-,39-,40+,44-,45-,50-,51-,83+,84-/m1/s1. The summed E-state index contributed by atoms with van der Waals surface area (Å²) in [5.74, 6) is -0.142. The molecule has 0 unspecified atom stereocenters. The van der Waals surface area contributed by atoms with Crippen LogP contribution in [0.5, 0.6) is 11.5 Å². The number of hydrogen-bond acceptors (Lipinski definition) is 23. The van der Waals surface area contributed by atoms with E-state index in [9.17, 15) is 29.2 Å². The van der Waals surface area contributed by atoms with Gasteiger partial charge in [-0.15, -0.1) is 5.10 Å². The topological polar surface area (TPSA) is 381 Å². The molecular formula is C53H52N16O13P2S2. The Morgan fingerprint density at radius 2 is 1.47 bits per heavy atom. The Hall–Kier alpha value is -7.90. The van der Waals surface area contributed by atoms with Crippen molar-refractivity contribution in [1.29, 1.82) is 0 Å². The molecule has 3 saturated heterocycles. The number of carbonyl (C=O) groups is 2. The number of aromatic amines is 1. The van der Waals surface area contributed by atoms with E-state index in [2.05, 4.69) is 62.6 Å². The van der Waals surface area contributed by atoms with E-state index >= 15 is 4.57 Å². The van der Waals surface area contributed by atoms with Crippen molar-refractivity contribution in [3.8, 4) is 34.0 Å². The minimum Gasteiger partial charge on any atom is -0.492 e. The van der Waals surface area contributed by atoms with Gasteiger partial charge in [-0.2, -0.15) is 4.98 Å². The monoisotopic (exact) mass is 1250 g/mol. The van der Waals surface area contributed by atoms with Gasteiger partial charge in [0.1, 0.15) is 60.1 Å². The average Bonchev–Trinajstić information content (AvgIpc) is 2.65. The van der Waals surface area contributed by atoms with Gasteiger partial charge in [-0.1, -0.05) is 72.1 Å². The molecule has 0 spiro atoms. The van der Waals surface area contributed by atoms with E-state index in [-0.39, 0.29) is 63.7 Å². The van der Waals surface area contributed by atoms with Gasteiger partial charge in [-0.3, -0.25) is 32.8 Å². The molecule has 1 amide bonds. The molecule has 9 aromatic rings. The number of aromatic nitrogens is 11. The number of amides is 1. The molecule has 13 rings (SSSR count). The van der Waals surface area contributed by atoms with Crippen molar-refractivity contribution in [1.82, 2.24) is 64.2 Å². The molecule has 9 heterocycles. The number of nitrogens with zero attached hydrogens (tertiary/aromatic N) is 11. The number of carbonyl (C=O) groups excluding carboxylic acids is 2. The van der Waals surface area contributed by atoms with Gasteiger partial charge in [-0.25, -0.2) is 39.6 Å². The Kier molecular flexibility index (Phi) is 15.3. The van der Waals surface area contributed by atoms with Crippen LogP contribution in [0.25, 0.3) is 44.8 Å². The molecule has 86 heavy (non-hydrogen) atoms. The third kappa shape index (κ3) is 11.0. The first-order valence-electron chi connectivity index (χ1n) is 26.7. The number of rotatable bonds is 11. The van der Waals surface area contributed by atoms with E-state index in [0.717, 1.165) is 39.5 Å². The number of benzene rings is 4. The molecule has 0 radical (unpaired) electrons. The molecule has 0 saturated carbocycles. The lowest BCUT2D eigenvalue weighted by Gasteiger charge is -2.31. The number of nitrogen functional groups attached to an aromatic ring is 2. The summed E-state index contributed by atoms with van der Waals surface area (Å²) in [6.45, 7) is -7.03. The minimum atomic E-state index is -4.25. The van der Waals surface area contributed by atoms with Crippen molar-refractivity contribution in [2.45, 2.75) is 74.7 Å². The molecule has 4 aliphatic rings. The largest absolute Gasteiger partial charge is 0.492 e. The normalized spacial score (nSPS) is 25.6. The van der Waals surface area contributed by atoms with E-state index in [0.29, 0.717) is 30.1 Å². The fraction of sp³-hybridized carbons (Fsp3) is 0.283. The highest BCUT2D eigenvalue weighted by molar-refractivity contribution is 8.55. The van der Waals surface area contributed by atoms with E-state index in [4.69, 9.17) is 39.5 Å². The zero-order valence-corrected chi connectivity index (χ0v) is 48.5. The summed E-state index contributed by atoms with van der Waals surface area (Å²) in [7, 11) is 0. The van der Waals surface area contributed by atoms with Gasteiger partial charge in [0.15, 0.2) is 35.1 Å². The van der Waals surface area contributed by atoms with Crippen molar-refractivity contribution in [2.75, 3.05) is 36.2 Å². The first-order chi connectivity index (χ1) is 41.5. The fourth-order valence-electron chi connectivity index (χ4n) is 10.8. The Morgan fingerprint density at radius 1 is 0.802 bits per heavy atom. The number of fused-ring (bicyclic) bond motifs is 9. The van der Waals surface area contributed by atoms with Crippen LogP contribution in [0, 0.1) is 0 Å². The molecule has 29 nitrogen and oxygen atoms in total. The first-order valence-corrected chi connectivity index (χ1v) is 32.6. The summed E-state index contributed by atoms with van der Waals surface area (Å²) in [6, 6.07) is 26.0. The van der Waals surface area contributed by atoms with Gasteiger partial charge < -0.3 is 54.6 Å². The zero-order chi connectivity index (χ0) is 59.6. The quantitative estimate of drug-likeness (QED) is 0.0374. The molecule has 4 aliphatic heterocycles. The SMILES string of the molecule is CC(=O)N1Cc2ccccc2-c2nnn(CCOc3ccc(C(=O)Oc4ccc(CS[P@@]5(=O)N[C@@H]6[C@@H](O)[C@H](n7cnc8c(N)ncnc87)O[C@@H]6CO[P@](=O)(S)N[C@H]6[C@@H](O)[C@H](n7cnc8c(=O)[nH]c(N)nc87)O[C@@H]6CO5)cc4)cc3)c2-c2ccccc21. The second-order valence-corrected chi connectivity index (χ2v) is 27.8. The Morgan fingerprint density at radius 3 is 2.21 bits per heavy atom. The first kappa shape index (κ1) is 57.2. The van der Waals surface area contributed by atoms with Crippen LogP contribution in [0.15, 0.2) is 121 Å². The maximum Gasteiger partial charge on any atom is 0.343 e. The third-order valence-corrected chi connectivity index (χ3v) is 20.7. The highest BCUT2D eigenvalue weighted by Crippen LogP contribution is 2.60. The summed E-state index contributed by atoms with van der Waals surface area (Å²) in [6.07, 6.45) is -4.26. The number of imidazole rings is 2. The predicted octanol–water partition coefficient (Wildman–Crippen LogP) is 4.77. The lowest BCUT2D eigenvalue weighted by Crippen LogP contribution is -2.47. The van der Waals surface area contributed by atoms with Gasteiger partial charge in [-0.05, 0) is 65.0 Å². The Bertz CT molecular complexity index is 4250. The number of esters is 1. The van der Waals surface area contributed by atoms with Gasteiger partial charge in [0, 0.05) is 23.8 Å². The average molecular weight is 1250 g/mol. The van der Waals surface area contributed by atoms with Crippen LogP contribution in [0.1, 0.15) is 40.9 Å². The molecule has 3 fully saturated rings. The number of ether oxygens (including phenoxy) is 4. The number of nitrogens with one attached hydrogen (secondary N) is 3. The molecular weight excluding hydrogens is 1190 g/mol. The van der Waals surface area contributed by atoms with Gasteiger partial charge in [0.05, 0.1) is 68.0 Å². The highest BCUT2D eigenvalue weighted by atomic mass is 32.7. The smallest absolute Gasteiger partial charge is 0.343 e. The molecule has 0 aliphatic carbocycles. The fourth-order valence-corrected chi connectivity index (χ4v) is 16.2. The molecule has 4 aromatic carbocycles. The molecule has 10 atom stereocenters. The molecule has 5 aromatic heterocycles. The lowest BCUT2D eigenvalue weighted by atomic mass is 9.95. The summed E-state index contributed by atoms with van der Waals surface area (Å²) < 4.78 is 70.7. The maximum atomic E-state index is 15.4. The number of hydrogen-bond donors (Lipinski definition) is 8. The number of thiol groups is 1. The van der Waals surface area contributed by atoms with Crippen molar-refractivity contribution in [3.63, 3.8) is 0 Å². The second-order valence-electron chi connectivity index (χ2n) is 20.4. The maximum absolute atomic E-state index is 15.4. The second kappa shape index (κ2) is 23.1. The van der Waals surface area contributed by atoms with E-state index < -0.39 is 87.1 Å². The molecule has 33 heteroatoms.